The van der Waals surface area contributed by atoms with Gasteiger partial charge in [-0.05, 0) is 17.0 Å². The lowest BCUT2D eigenvalue weighted by Gasteiger charge is -2.25. The molecule has 1 aliphatic rings. The highest BCUT2D eigenvalue weighted by molar-refractivity contribution is 8.00. The Hall–Kier alpha value is -1.72. The summed E-state index contributed by atoms with van der Waals surface area (Å²) in [5.74, 6) is 1.55. The van der Waals surface area contributed by atoms with Gasteiger partial charge in [-0.25, -0.2) is 0 Å². The van der Waals surface area contributed by atoms with E-state index in [1.54, 1.807) is 26.0 Å². The van der Waals surface area contributed by atoms with Gasteiger partial charge in [0.05, 0.1) is 19.5 Å². The number of amides is 1. The highest BCUT2D eigenvalue weighted by Gasteiger charge is 2.33. The van der Waals surface area contributed by atoms with E-state index in [0.717, 1.165) is 22.1 Å². The molecular formula is C17H19NO3S. The summed E-state index contributed by atoms with van der Waals surface area (Å²) in [4.78, 5) is 14.1. The van der Waals surface area contributed by atoms with Crippen LogP contribution in [-0.2, 0) is 9.53 Å². The van der Waals surface area contributed by atoms with Crippen molar-refractivity contribution in [2.24, 2.45) is 0 Å². The molecule has 1 atom stereocenters. The van der Waals surface area contributed by atoms with Crippen LogP contribution in [0.1, 0.15) is 10.9 Å². The molecule has 116 valence electrons. The molecule has 0 bridgehead atoms. The van der Waals surface area contributed by atoms with Crippen LogP contribution in [0.5, 0.6) is 5.75 Å². The number of rotatable bonds is 5. The summed E-state index contributed by atoms with van der Waals surface area (Å²) in [7, 11) is 3.34. The molecule has 1 saturated heterocycles. The van der Waals surface area contributed by atoms with Gasteiger partial charge in [0.25, 0.3) is 0 Å². The van der Waals surface area contributed by atoms with Gasteiger partial charge >= 0.3 is 0 Å². The van der Waals surface area contributed by atoms with Crippen LogP contribution in [0.4, 0.5) is 0 Å². The molecule has 1 unspecified atom stereocenters. The van der Waals surface area contributed by atoms with Crippen molar-refractivity contribution in [3.05, 3.63) is 42.0 Å². The Labute approximate surface area is 134 Å². The van der Waals surface area contributed by atoms with Crippen LogP contribution >= 0.6 is 11.8 Å². The first-order valence-electron chi connectivity index (χ1n) is 7.22. The Kier molecular flexibility index (Phi) is 4.55. The summed E-state index contributed by atoms with van der Waals surface area (Å²) in [5, 5.41) is 2.25. The van der Waals surface area contributed by atoms with Crippen LogP contribution in [0, 0.1) is 0 Å². The maximum Gasteiger partial charge on any atom is 0.233 e. The van der Waals surface area contributed by atoms with E-state index in [1.165, 1.54) is 0 Å². The number of ether oxygens (including phenoxy) is 2. The Morgan fingerprint density at radius 1 is 1.18 bits per heavy atom. The number of fused-ring (bicyclic) bond motifs is 1. The molecule has 1 fully saturated rings. The minimum atomic E-state index is 0.0402. The van der Waals surface area contributed by atoms with E-state index >= 15 is 0 Å². The zero-order valence-corrected chi connectivity index (χ0v) is 13.6. The van der Waals surface area contributed by atoms with Gasteiger partial charge in [-0.2, -0.15) is 0 Å². The van der Waals surface area contributed by atoms with E-state index in [9.17, 15) is 4.79 Å². The maximum atomic E-state index is 12.1. The third kappa shape index (κ3) is 2.66. The van der Waals surface area contributed by atoms with Gasteiger partial charge in [0, 0.05) is 19.0 Å². The van der Waals surface area contributed by atoms with Gasteiger partial charge < -0.3 is 14.4 Å². The lowest BCUT2D eigenvalue weighted by atomic mass is 10.0. The van der Waals surface area contributed by atoms with Crippen LogP contribution in [0.15, 0.2) is 36.4 Å². The molecule has 0 saturated carbocycles. The lowest BCUT2D eigenvalue weighted by molar-refractivity contribution is -0.128. The minimum Gasteiger partial charge on any atom is -0.496 e. The Bertz CT molecular complexity index is 689. The number of nitrogens with zero attached hydrogens (tertiary/aromatic N) is 1. The van der Waals surface area contributed by atoms with Crippen molar-refractivity contribution in [3.8, 4) is 5.75 Å². The number of methoxy groups -OCH3 is 2. The van der Waals surface area contributed by atoms with E-state index in [4.69, 9.17) is 9.47 Å². The molecule has 5 heteroatoms. The van der Waals surface area contributed by atoms with Crippen LogP contribution in [0.2, 0.25) is 0 Å². The zero-order valence-electron chi connectivity index (χ0n) is 12.7. The van der Waals surface area contributed by atoms with E-state index in [-0.39, 0.29) is 11.3 Å². The molecule has 1 amide bonds. The summed E-state index contributed by atoms with van der Waals surface area (Å²) in [6.07, 6.45) is 0. The summed E-state index contributed by atoms with van der Waals surface area (Å²) in [5.41, 5.74) is 1.16. The molecular weight excluding hydrogens is 298 g/mol. The number of carbonyl (C=O) groups is 1. The topological polar surface area (TPSA) is 38.8 Å². The monoisotopic (exact) mass is 317 g/mol. The zero-order chi connectivity index (χ0) is 15.5. The second-order valence-electron chi connectivity index (χ2n) is 5.15. The highest BCUT2D eigenvalue weighted by Crippen LogP contribution is 2.42. The fraction of sp³-hybridized carbons (Fsp3) is 0.353. The Morgan fingerprint density at radius 3 is 2.68 bits per heavy atom. The van der Waals surface area contributed by atoms with E-state index < -0.39 is 0 Å². The number of hydrogen-bond acceptors (Lipinski definition) is 4. The molecule has 2 aromatic carbocycles. The van der Waals surface area contributed by atoms with Crippen LogP contribution in [-0.4, -0.2) is 43.9 Å². The average Bonchev–Trinajstić information content (AvgIpc) is 2.92. The van der Waals surface area contributed by atoms with E-state index in [0.29, 0.717) is 18.9 Å². The molecule has 0 aromatic heterocycles. The maximum absolute atomic E-state index is 12.1. The van der Waals surface area contributed by atoms with Crippen molar-refractivity contribution >= 4 is 28.4 Å². The van der Waals surface area contributed by atoms with Crippen LogP contribution in [0.25, 0.3) is 10.8 Å². The normalized spacial score (nSPS) is 18.2. The first-order valence-corrected chi connectivity index (χ1v) is 8.26. The summed E-state index contributed by atoms with van der Waals surface area (Å²) in [6.45, 7) is 1.17. The fourth-order valence-corrected chi connectivity index (χ4v) is 4.09. The van der Waals surface area contributed by atoms with Gasteiger partial charge in [0.1, 0.15) is 11.1 Å². The molecule has 2 aromatic rings. The number of benzene rings is 2. The van der Waals surface area contributed by atoms with Crippen molar-refractivity contribution in [1.29, 1.82) is 0 Å². The molecule has 4 nitrogen and oxygen atoms in total. The second kappa shape index (κ2) is 6.58. The van der Waals surface area contributed by atoms with Crippen molar-refractivity contribution < 1.29 is 14.3 Å². The van der Waals surface area contributed by atoms with E-state index in [2.05, 4.69) is 18.2 Å². The predicted molar refractivity (Wildman–Crippen MR) is 89.3 cm³/mol. The van der Waals surface area contributed by atoms with Gasteiger partial charge in [0.2, 0.25) is 5.91 Å². The standard InChI is InChI=1S/C17H19NO3S/c1-20-10-9-18-16(19)11-22-17(18)14-7-8-15(21-2)13-6-4-3-5-12(13)14/h3-8,17H,9-11H2,1-2H3. The third-order valence-electron chi connectivity index (χ3n) is 3.91. The number of thioether (sulfide) groups is 1. The van der Waals surface area contributed by atoms with Crippen LogP contribution in [0.3, 0.4) is 0 Å². The van der Waals surface area contributed by atoms with Crippen LogP contribution < -0.4 is 4.74 Å². The summed E-state index contributed by atoms with van der Waals surface area (Å²) >= 11 is 1.67. The molecule has 1 aliphatic heterocycles. The number of hydrogen-bond donors (Lipinski definition) is 0. The summed E-state index contributed by atoms with van der Waals surface area (Å²) < 4.78 is 10.6. The van der Waals surface area contributed by atoms with Crippen molar-refractivity contribution in [1.82, 2.24) is 4.90 Å². The first kappa shape index (κ1) is 15.2. The smallest absolute Gasteiger partial charge is 0.233 e. The average molecular weight is 317 g/mol. The predicted octanol–water partition coefficient (Wildman–Crippen LogP) is 3.07. The lowest BCUT2D eigenvalue weighted by Crippen LogP contribution is -2.31. The molecule has 0 spiro atoms. The molecule has 22 heavy (non-hydrogen) atoms. The molecule has 1 heterocycles. The van der Waals surface area contributed by atoms with Gasteiger partial charge in [-0.1, -0.05) is 30.3 Å². The highest BCUT2D eigenvalue weighted by atomic mass is 32.2. The first-order chi connectivity index (χ1) is 10.8. The third-order valence-corrected chi connectivity index (χ3v) is 5.15. The SMILES string of the molecule is COCCN1C(=O)CSC1c1ccc(OC)c2ccccc12. The Morgan fingerprint density at radius 2 is 1.95 bits per heavy atom. The van der Waals surface area contributed by atoms with E-state index in [1.807, 2.05) is 23.1 Å². The molecule has 0 radical (unpaired) electrons. The fourth-order valence-electron chi connectivity index (χ4n) is 2.83. The van der Waals surface area contributed by atoms with Crippen molar-refractivity contribution in [2.75, 3.05) is 33.1 Å². The quantitative estimate of drug-likeness (QED) is 0.849. The Balaban J connectivity index is 2.04. The second-order valence-corrected chi connectivity index (χ2v) is 6.21. The molecule has 0 aliphatic carbocycles. The van der Waals surface area contributed by atoms with Gasteiger partial charge in [0.15, 0.2) is 0 Å². The van der Waals surface area contributed by atoms with Gasteiger partial charge in [-0.3, -0.25) is 4.79 Å². The van der Waals surface area contributed by atoms with Crippen molar-refractivity contribution in [2.45, 2.75) is 5.37 Å². The molecule has 0 N–H and O–H groups in total. The molecule has 3 rings (SSSR count). The largest absolute Gasteiger partial charge is 0.496 e. The van der Waals surface area contributed by atoms with Gasteiger partial charge in [-0.15, -0.1) is 11.8 Å². The number of carbonyl (C=O) groups excluding carboxylic acids is 1. The summed E-state index contributed by atoms with van der Waals surface area (Å²) in [6, 6.07) is 12.2. The van der Waals surface area contributed by atoms with Crippen molar-refractivity contribution in [3.63, 3.8) is 0 Å². The minimum absolute atomic E-state index is 0.0402.